The fourth-order valence-electron chi connectivity index (χ4n) is 2.30. The number of carbonyl (C=O) groups excluding carboxylic acids is 1. The van der Waals surface area contributed by atoms with Gasteiger partial charge in [-0.1, -0.05) is 6.92 Å². The number of anilines is 2. The summed E-state index contributed by atoms with van der Waals surface area (Å²) < 4.78 is 0. The molecule has 0 saturated heterocycles. The molecule has 1 unspecified atom stereocenters. The molecule has 0 aromatic heterocycles. The molecule has 1 N–H and O–H groups in total. The first-order valence-corrected chi connectivity index (χ1v) is 6.67. The predicted molar refractivity (Wildman–Crippen MR) is 76.1 cm³/mol. The zero-order valence-electron chi connectivity index (χ0n) is 11.4. The molecule has 19 heavy (non-hydrogen) atoms. The van der Waals surface area contributed by atoms with Gasteiger partial charge in [-0.2, -0.15) is 5.26 Å². The van der Waals surface area contributed by atoms with Crippen molar-refractivity contribution in [3.8, 4) is 6.07 Å². The van der Waals surface area contributed by atoms with Crippen LogP contribution in [0.25, 0.3) is 0 Å². The summed E-state index contributed by atoms with van der Waals surface area (Å²) in [6, 6.07) is 8.38. The lowest BCUT2D eigenvalue weighted by molar-refractivity contribution is -0.116. The summed E-state index contributed by atoms with van der Waals surface area (Å²) in [5, 5.41) is 11.9. The van der Waals surface area contributed by atoms with Crippen molar-refractivity contribution in [2.24, 2.45) is 5.92 Å². The Labute approximate surface area is 114 Å². The Balaban J connectivity index is 2.14. The average molecular weight is 257 g/mol. The van der Waals surface area contributed by atoms with Crippen LogP contribution in [0.4, 0.5) is 11.4 Å². The molecule has 0 aliphatic carbocycles. The fraction of sp³-hybridized carbons (Fsp3) is 0.467. The van der Waals surface area contributed by atoms with E-state index in [1.54, 1.807) is 0 Å². The normalized spacial score (nSPS) is 15.1. The summed E-state index contributed by atoms with van der Waals surface area (Å²) >= 11 is 0. The number of benzene rings is 1. The van der Waals surface area contributed by atoms with Crippen LogP contribution in [0.15, 0.2) is 18.2 Å². The molecule has 0 bridgehead atoms. The molecule has 1 atom stereocenters. The Bertz CT molecular complexity index is 519. The van der Waals surface area contributed by atoms with Crippen molar-refractivity contribution in [1.82, 2.24) is 0 Å². The highest BCUT2D eigenvalue weighted by Crippen LogP contribution is 2.27. The molecule has 4 heteroatoms. The lowest BCUT2D eigenvalue weighted by Crippen LogP contribution is -2.25. The standard InChI is InChI=1S/C15H19N3O/c1-3-11(9-16)10-18(2)13-5-6-14-12(8-13)4-7-15(19)17-14/h5-6,8,11H,3-4,7,10H2,1-2H3,(H,17,19). The lowest BCUT2D eigenvalue weighted by Gasteiger charge is -2.24. The largest absolute Gasteiger partial charge is 0.373 e. The minimum atomic E-state index is 0.0562. The van der Waals surface area contributed by atoms with Crippen LogP contribution < -0.4 is 10.2 Å². The van der Waals surface area contributed by atoms with Crippen LogP contribution in [0.1, 0.15) is 25.3 Å². The molecule has 1 aromatic rings. The fourth-order valence-corrected chi connectivity index (χ4v) is 2.30. The van der Waals surface area contributed by atoms with Crippen molar-refractivity contribution in [3.63, 3.8) is 0 Å². The highest BCUT2D eigenvalue weighted by atomic mass is 16.1. The van der Waals surface area contributed by atoms with Gasteiger partial charge in [-0.15, -0.1) is 0 Å². The van der Waals surface area contributed by atoms with E-state index in [0.29, 0.717) is 6.42 Å². The van der Waals surface area contributed by atoms with Crippen LogP contribution in [0, 0.1) is 17.2 Å². The number of rotatable bonds is 4. The van der Waals surface area contributed by atoms with Gasteiger partial charge in [0, 0.05) is 31.4 Å². The molecule has 1 aliphatic rings. The third-order valence-electron chi connectivity index (χ3n) is 3.59. The second-order valence-corrected chi connectivity index (χ2v) is 5.00. The number of fused-ring (bicyclic) bond motifs is 1. The van der Waals surface area contributed by atoms with Gasteiger partial charge < -0.3 is 10.2 Å². The number of aryl methyl sites for hydroxylation is 1. The number of nitrogens with one attached hydrogen (secondary N) is 1. The van der Waals surface area contributed by atoms with E-state index in [4.69, 9.17) is 5.26 Å². The minimum Gasteiger partial charge on any atom is -0.373 e. The monoisotopic (exact) mass is 257 g/mol. The maximum Gasteiger partial charge on any atom is 0.224 e. The zero-order valence-corrected chi connectivity index (χ0v) is 11.4. The van der Waals surface area contributed by atoms with E-state index in [9.17, 15) is 4.79 Å². The van der Waals surface area contributed by atoms with Gasteiger partial charge in [-0.05, 0) is 36.6 Å². The van der Waals surface area contributed by atoms with Crippen molar-refractivity contribution in [1.29, 1.82) is 5.26 Å². The van der Waals surface area contributed by atoms with E-state index >= 15 is 0 Å². The van der Waals surface area contributed by atoms with Crippen LogP contribution in [0.2, 0.25) is 0 Å². The van der Waals surface area contributed by atoms with Crippen LogP contribution >= 0.6 is 0 Å². The molecule has 0 spiro atoms. The van der Waals surface area contributed by atoms with Gasteiger partial charge in [0.25, 0.3) is 0 Å². The highest BCUT2D eigenvalue weighted by molar-refractivity contribution is 5.94. The number of amides is 1. The summed E-state index contributed by atoms with van der Waals surface area (Å²) in [7, 11) is 2.00. The van der Waals surface area contributed by atoms with Gasteiger partial charge in [0.1, 0.15) is 0 Å². The Morgan fingerprint density at radius 3 is 2.95 bits per heavy atom. The molecule has 4 nitrogen and oxygen atoms in total. The molecular weight excluding hydrogens is 238 g/mol. The van der Waals surface area contributed by atoms with Gasteiger partial charge in [0.2, 0.25) is 5.91 Å². The van der Waals surface area contributed by atoms with Crippen molar-refractivity contribution >= 4 is 17.3 Å². The van der Waals surface area contributed by atoms with Crippen molar-refractivity contribution < 1.29 is 4.79 Å². The Kier molecular flexibility index (Phi) is 4.06. The molecule has 0 radical (unpaired) electrons. The van der Waals surface area contributed by atoms with Gasteiger partial charge in [0.15, 0.2) is 0 Å². The lowest BCUT2D eigenvalue weighted by atomic mass is 10.0. The second-order valence-electron chi connectivity index (χ2n) is 5.00. The SMILES string of the molecule is CCC(C#N)CN(C)c1ccc2c(c1)CCC(=O)N2. The summed E-state index contributed by atoms with van der Waals surface area (Å²) in [4.78, 5) is 13.4. The molecule has 1 heterocycles. The number of carbonyl (C=O) groups is 1. The van der Waals surface area contributed by atoms with Crippen molar-refractivity contribution in [2.45, 2.75) is 26.2 Å². The average Bonchev–Trinajstić information content (AvgIpc) is 2.43. The minimum absolute atomic E-state index is 0.0562. The molecular formula is C15H19N3O. The third kappa shape index (κ3) is 3.05. The molecule has 1 aromatic carbocycles. The van der Waals surface area contributed by atoms with Crippen LogP contribution in [-0.2, 0) is 11.2 Å². The van der Waals surface area contributed by atoms with E-state index < -0.39 is 0 Å². The third-order valence-corrected chi connectivity index (χ3v) is 3.59. The van der Waals surface area contributed by atoms with Crippen molar-refractivity contribution in [3.05, 3.63) is 23.8 Å². The highest BCUT2D eigenvalue weighted by Gasteiger charge is 2.16. The first-order chi connectivity index (χ1) is 9.13. The smallest absolute Gasteiger partial charge is 0.224 e. The summed E-state index contributed by atoms with van der Waals surface area (Å²) in [5.74, 6) is 0.143. The van der Waals surface area contributed by atoms with Gasteiger partial charge in [-0.25, -0.2) is 0 Å². The van der Waals surface area contributed by atoms with E-state index in [1.165, 1.54) is 5.56 Å². The zero-order chi connectivity index (χ0) is 13.8. The molecule has 100 valence electrons. The van der Waals surface area contributed by atoms with Crippen LogP contribution in [-0.4, -0.2) is 19.5 Å². The molecule has 1 aliphatic heterocycles. The summed E-state index contributed by atoms with van der Waals surface area (Å²) in [6.45, 7) is 2.77. The number of nitrogens with zero attached hydrogens (tertiary/aromatic N) is 2. The second kappa shape index (κ2) is 5.75. The molecule has 1 amide bonds. The predicted octanol–water partition coefficient (Wildman–Crippen LogP) is 2.56. The van der Waals surface area contributed by atoms with Crippen LogP contribution in [0.3, 0.4) is 0 Å². The van der Waals surface area contributed by atoms with E-state index in [-0.39, 0.29) is 11.8 Å². The Hall–Kier alpha value is -2.02. The number of nitriles is 1. The van der Waals surface area contributed by atoms with Gasteiger partial charge >= 0.3 is 0 Å². The molecule has 0 fully saturated rings. The summed E-state index contributed by atoms with van der Waals surface area (Å²) in [6.07, 6.45) is 2.20. The Morgan fingerprint density at radius 2 is 2.26 bits per heavy atom. The van der Waals surface area contributed by atoms with Gasteiger partial charge in [-0.3, -0.25) is 4.79 Å². The first kappa shape index (κ1) is 13.4. The van der Waals surface area contributed by atoms with Crippen molar-refractivity contribution in [2.75, 3.05) is 23.8 Å². The number of hydrogen-bond acceptors (Lipinski definition) is 3. The maximum absolute atomic E-state index is 11.3. The molecule has 2 rings (SSSR count). The summed E-state index contributed by atoms with van der Waals surface area (Å²) in [5.41, 5.74) is 3.19. The van der Waals surface area contributed by atoms with E-state index in [1.807, 2.05) is 26.1 Å². The number of hydrogen-bond donors (Lipinski definition) is 1. The molecule has 0 saturated carbocycles. The maximum atomic E-state index is 11.3. The first-order valence-electron chi connectivity index (χ1n) is 6.67. The Morgan fingerprint density at radius 1 is 1.47 bits per heavy atom. The van der Waals surface area contributed by atoms with E-state index in [0.717, 1.165) is 30.8 Å². The topological polar surface area (TPSA) is 56.1 Å². The van der Waals surface area contributed by atoms with Crippen LogP contribution in [0.5, 0.6) is 0 Å². The van der Waals surface area contributed by atoms with Gasteiger partial charge in [0.05, 0.1) is 12.0 Å². The quantitative estimate of drug-likeness (QED) is 0.901. The van der Waals surface area contributed by atoms with E-state index in [2.05, 4.69) is 22.4 Å².